The summed E-state index contributed by atoms with van der Waals surface area (Å²) in [5, 5.41) is 4.14. The van der Waals surface area contributed by atoms with Crippen molar-refractivity contribution in [2.75, 3.05) is 12.4 Å². The molecule has 3 nitrogen and oxygen atoms in total. The second-order valence-corrected chi connectivity index (χ2v) is 7.41. The Balaban J connectivity index is 2.02. The molecule has 0 radical (unpaired) electrons. The van der Waals surface area contributed by atoms with E-state index in [-0.39, 0.29) is 11.3 Å². The minimum Gasteiger partial charge on any atom is -0.495 e. The van der Waals surface area contributed by atoms with Crippen LogP contribution in [-0.2, 0) is 11.2 Å². The number of benzene rings is 2. The number of halogens is 2. The SMILES string of the molecule is COc1ccc(Cl)cc1NC(=O)CC(C)(C)Cc1ccc(Cl)cc1. The van der Waals surface area contributed by atoms with Gasteiger partial charge in [-0.1, -0.05) is 49.2 Å². The summed E-state index contributed by atoms with van der Waals surface area (Å²) < 4.78 is 5.25. The summed E-state index contributed by atoms with van der Waals surface area (Å²) in [4.78, 5) is 12.4. The minimum atomic E-state index is -0.191. The molecule has 0 heterocycles. The van der Waals surface area contributed by atoms with E-state index in [1.54, 1.807) is 25.3 Å². The van der Waals surface area contributed by atoms with Crippen LogP contribution < -0.4 is 10.1 Å². The van der Waals surface area contributed by atoms with Crippen LogP contribution in [0, 0.1) is 5.41 Å². The normalized spacial score (nSPS) is 11.2. The zero-order valence-corrected chi connectivity index (χ0v) is 15.5. The molecule has 0 aliphatic heterocycles. The van der Waals surface area contributed by atoms with E-state index in [2.05, 4.69) is 19.2 Å². The molecule has 0 bridgehead atoms. The van der Waals surface area contributed by atoms with Gasteiger partial charge in [0, 0.05) is 16.5 Å². The van der Waals surface area contributed by atoms with E-state index in [1.165, 1.54) is 0 Å². The second kappa shape index (κ2) is 7.91. The topological polar surface area (TPSA) is 38.3 Å². The highest BCUT2D eigenvalue weighted by atomic mass is 35.5. The van der Waals surface area contributed by atoms with Crippen LogP contribution >= 0.6 is 23.2 Å². The highest BCUT2D eigenvalue weighted by molar-refractivity contribution is 6.31. The van der Waals surface area contributed by atoms with Gasteiger partial charge < -0.3 is 10.1 Å². The fourth-order valence-corrected chi connectivity index (χ4v) is 2.92. The highest BCUT2D eigenvalue weighted by Gasteiger charge is 2.23. The number of nitrogens with one attached hydrogen (secondary N) is 1. The maximum Gasteiger partial charge on any atom is 0.225 e. The minimum absolute atomic E-state index is 0.0745. The first-order valence-corrected chi connectivity index (χ1v) is 8.42. The zero-order valence-electron chi connectivity index (χ0n) is 14.0. The van der Waals surface area contributed by atoms with E-state index in [4.69, 9.17) is 27.9 Å². The van der Waals surface area contributed by atoms with E-state index in [0.717, 1.165) is 12.0 Å². The van der Waals surface area contributed by atoms with Gasteiger partial charge in [-0.25, -0.2) is 0 Å². The van der Waals surface area contributed by atoms with Gasteiger partial charge in [0.15, 0.2) is 0 Å². The van der Waals surface area contributed by atoms with Crippen LogP contribution in [0.2, 0.25) is 10.0 Å². The van der Waals surface area contributed by atoms with Crippen molar-refractivity contribution in [1.82, 2.24) is 0 Å². The van der Waals surface area contributed by atoms with Gasteiger partial charge in [0.2, 0.25) is 5.91 Å². The number of rotatable bonds is 6. The average molecular weight is 366 g/mol. The lowest BCUT2D eigenvalue weighted by atomic mass is 9.82. The smallest absolute Gasteiger partial charge is 0.225 e. The van der Waals surface area contributed by atoms with Crippen molar-refractivity contribution in [3.63, 3.8) is 0 Å². The molecule has 0 unspecified atom stereocenters. The Morgan fingerprint density at radius 2 is 1.71 bits per heavy atom. The molecule has 0 fully saturated rings. The first kappa shape index (κ1) is 18.6. The van der Waals surface area contributed by atoms with Crippen molar-refractivity contribution >= 4 is 34.8 Å². The summed E-state index contributed by atoms with van der Waals surface area (Å²) in [5.41, 5.74) is 1.54. The summed E-state index contributed by atoms with van der Waals surface area (Å²) in [6.45, 7) is 4.13. The van der Waals surface area contributed by atoms with Crippen molar-refractivity contribution in [1.29, 1.82) is 0 Å². The van der Waals surface area contributed by atoms with Crippen molar-refractivity contribution in [3.8, 4) is 5.75 Å². The molecule has 128 valence electrons. The standard InChI is InChI=1S/C19H21Cl2NO2/c1-19(2,11-13-4-6-14(20)7-5-13)12-18(23)22-16-10-15(21)8-9-17(16)24-3/h4-10H,11-12H2,1-3H3,(H,22,23). The van der Waals surface area contributed by atoms with Crippen LogP contribution in [0.3, 0.4) is 0 Å². The Kier molecular flexibility index (Phi) is 6.14. The Labute approximate surface area is 152 Å². The third-order valence-electron chi connectivity index (χ3n) is 3.67. The van der Waals surface area contributed by atoms with Gasteiger partial charge in [0.05, 0.1) is 12.8 Å². The third-order valence-corrected chi connectivity index (χ3v) is 4.16. The Morgan fingerprint density at radius 1 is 1.08 bits per heavy atom. The molecule has 2 rings (SSSR count). The van der Waals surface area contributed by atoms with Crippen LogP contribution in [0.15, 0.2) is 42.5 Å². The van der Waals surface area contributed by atoms with Gasteiger partial charge in [0.1, 0.15) is 5.75 Å². The van der Waals surface area contributed by atoms with E-state index in [9.17, 15) is 4.79 Å². The number of hydrogen-bond acceptors (Lipinski definition) is 2. The molecule has 2 aromatic rings. The summed E-state index contributed by atoms with van der Waals surface area (Å²) in [5.74, 6) is 0.512. The number of ether oxygens (including phenoxy) is 1. The van der Waals surface area contributed by atoms with Crippen molar-refractivity contribution in [3.05, 3.63) is 58.1 Å². The largest absolute Gasteiger partial charge is 0.495 e. The van der Waals surface area contributed by atoms with E-state index in [0.29, 0.717) is 27.9 Å². The average Bonchev–Trinajstić information content (AvgIpc) is 2.49. The molecule has 0 aliphatic rings. The van der Waals surface area contributed by atoms with Crippen LogP contribution in [-0.4, -0.2) is 13.0 Å². The lowest BCUT2D eigenvalue weighted by Crippen LogP contribution is -2.24. The highest BCUT2D eigenvalue weighted by Crippen LogP contribution is 2.30. The molecule has 24 heavy (non-hydrogen) atoms. The van der Waals surface area contributed by atoms with Crippen LogP contribution in [0.25, 0.3) is 0 Å². The maximum atomic E-state index is 12.4. The fourth-order valence-electron chi connectivity index (χ4n) is 2.62. The predicted molar refractivity (Wildman–Crippen MR) is 100 cm³/mol. The number of hydrogen-bond donors (Lipinski definition) is 1. The Bertz CT molecular complexity index is 712. The second-order valence-electron chi connectivity index (χ2n) is 6.54. The number of anilines is 1. The van der Waals surface area contributed by atoms with Gasteiger partial charge in [-0.2, -0.15) is 0 Å². The Morgan fingerprint density at radius 3 is 2.33 bits per heavy atom. The van der Waals surface area contributed by atoms with Crippen molar-refractivity contribution in [2.24, 2.45) is 5.41 Å². The van der Waals surface area contributed by atoms with E-state index >= 15 is 0 Å². The molecule has 1 N–H and O–H groups in total. The van der Waals surface area contributed by atoms with Gasteiger partial charge in [-0.05, 0) is 47.7 Å². The van der Waals surface area contributed by atoms with Crippen LogP contribution in [0.4, 0.5) is 5.69 Å². The number of carbonyl (C=O) groups is 1. The lowest BCUT2D eigenvalue weighted by molar-refractivity contribution is -0.118. The molecule has 0 atom stereocenters. The van der Waals surface area contributed by atoms with E-state index in [1.807, 2.05) is 24.3 Å². The van der Waals surface area contributed by atoms with Gasteiger partial charge in [-0.3, -0.25) is 4.79 Å². The summed E-state index contributed by atoms with van der Waals surface area (Å²) >= 11 is 11.9. The van der Waals surface area contributed by atoms with Gasteiger partial charge in [0.25, 0.3) is 0 Å². The molecule has 1 amide bonds. The quantitative estimate of drug-likeness (QED) is 0.723. The molecule has 0 saturated carbocycles. The first-order valence-electron chi connectivity index (χ1n) is 7.67. The zero-order chi connectivity index (χ0) is 17.7. The number of carbonyl (C=O) groups excluding carboxylic acids is 1. The maximum absolute atomic E-state index is 12.4. The summed E-state index contributed by atoms with van der Waals surface area (Å²) in [6, 6.07) is 12.8. The first-order chi connectivity index (χ1) is 11.3. The monoisotopic (exact) mass is 365 g/mol. The molecule has 2 aromatic carbocycles. The molecule has 0 saturated heterocycles. The van der Waals surface area contributed by atoms with Gasteiger partial charge in [-0.15, -0.1) is 0 Å². The molecule has 0 aliphatic carbocycles. The molecule has 5 heteroatoms. The third kappa shape index (κ3) is 5.43. The van der Waals surface area contributed by atoms with Crippen LogP contribution in [0.1, 0.15) is 25.8 Å². The van der Waals surface area contributed by atoms with Crippen LogP contribution in [0.5, 0.6) is 5.75 Å². The van der Waals surface area contributed by atoms with Crippen molar-refractivity contribution in [2.45, 2.75) is 26.7 Å². The molecule has 0 spiro atoms. The summed E-state index contributed by atoms with van der Waals surface area (Å²) in [6.07, 6.45) is 1.16. The Hall–Kier alpha value is -1.71. The summed E-state index contributed by atoms with van der Waals surface area (Å²) in [7, 11) is 1.56. The predicted octanol–water partition coefficient (Wildman–Crippen LogP) is 5.60. The number of amides is 1. The molecule has 0 aromatic heterocycles. The van der Waals surface area contributed by atoms with Crippen molar-refractivity contribution < 1.29 is 9.53 Å². The van der Waals surface area contributed by atoms with E-state index < -0.39 is 0 Å². The molecular formula is C19H21Cl2NO2. The molecular weight excluding hydrogens is 345 g/mol. The lowest BCUT2D eigenvalue weighted by Gasteiger charge is -2.24. The van der Waals surface area contributed by atoms with Gasteiger partial charge >= 0.3 is 0 Å². The number of methoxy groups -OCH3 is 1. The fraction of sp³-hybridized carbons (Fsp3) is 0.316.